The molecule has 14 heavy (non-hydrogen) atoms. The minimum absolute atomic E-state index is 0.206. The summed E-state index contributed by atoms with van der Waals surface area (Å²) in [4.78, 5) is 11.2. The zero-order chi connectivity index (χ0) is 11.2. The molecule has 0 aliphatic carbocycles. The van der Waals surface area contributed by atoms with Gasteiger partial charge in [0.1, 0.15) is 0 Å². The van der Waals surface area contributed by atoms with Gasteiger partial charge in [-0.15, -0.1) is 11.6 Å². The molecule has 0 rings (SSSR count). The minimum atomic E-state index is -3.47. The topological polar surface area (TPSA) is 52.6 Å². The fourth-order valence-corrected chi connectivity index (χ4v) is 2.96. The Bertz CT molecular complexity index is 221. The maximum atomic E-state index is 11.9. The summed E-state index contributed by atoms with van der Waals surface area (Å²) < 4.78 is 21.8. The number of hydrogen-bond acceptors (Lipinski definition) is 4. The first-order chi connectivity index (χ1) is 6.51. The van der Waals surface area contributed by atoms with Crippen LogP contribution in [0.3, 0.4) is 0 Å². The van der Waals surface area contributed by atoms with E-state index in [1.165, 1.54) is 0 Å². The second-order valence-electron chi connectivity index (χ2n) is 2.53. The SMILES string of the molecule is CCOP(=O)(OCC)[C@@H](Cl)C(=O)CC. The predicted molar refractivity (Wildman–Crippen MR) is 55.8 cm³/mol. The summed E-state index contributed by atoms with van der Waals surface area (Å²) in [5, 5.41) is -1.19. The number of carbonyl (C=O) groups is 1. The molecule has 0 N–H and O–H groups in total. The van der Waals surface area contributed by atoms with E-state index in [-0.39, 0.29) is 25.4 Å². The lowest BCUT2D eigenvalue weighted by molar-refractivity contribution is -0.117. The quantitative estimate of drug-likeness (QED) is 0.509. The van der Waals surface area contributed by atoms with Crippen LogP contribution in [0.4, 0.5) is 0 Å². The van der Waals surface area contributed by atoms with Crippen molar-refractivity contribution >= 4 is 25.0 Å². The highest BCUT2D eigenvalue weighted by Crippen LogP contribution is 2.55. The third kappa shape index (κ3) is 3.70. The highest BCUT2D eigenvalue weighted by atomic mass is 35.5. The summed E-state index contributed by atoms with van der Waals surface area (Å²) in [6, 6.07) is 0. The molecule has 4 nitrogen and oxygen atoms in total. The molecule has 0 fully saturated rings. The lowest BCUT2D eigenvalue weighted by Gasteiger charge is -2.20. The van der Waals surface area contributed by atoms with Gasteiger partial charge in [-0.25, -0.2) is 0 Å². The Kier molecular flexibility index (Phi) is 6.62. The van der Waals surface area contributed by atoms with Gasteiger partial charge in [-0.1, -0.05) is 6.92 Å². The van der Waals surface area contributed by atoms with Crippen molar-refractivity contribution in [3.05, 3.63) is 0 Å². The molecule has 0 aliphatic rings. The third-order valence-electron chi connectivity index (χ3n) is 1.51. The number of carbonyl (C=O) groups excluding carboxylic acids is 1. The van der Waals surface area contributed by atoms with E-state index in [1.54, 1.807) is 20.8 Å². The van der Waals surface area contributed by atoms with E-state index in [1.807, 2.05) is 0 Å². The van der Waals surface area contributed by atoms with Crippen LogP contribution in [-0.4, -0.2) is 24.1 Å². The number of Topliss-reactive ketones (excluding diaryl/α,β-unsaturated/α-hetero) is 1. The van der Waals surface area contributed by atoms with Crippen LogP contribution >= 0.6 is 19.2 Å². The molecule has 0 aromatic heterocycles. The van der Waals surface area contributed by atoms with Crippen molar-refractivity contribution in [1.82, 2.24) is 0 Å². The first-order valence-electron chi connectivity index (χ1n) is 4.57. The summed E-state index contributed by atoms with van der Waals surface area (Å²) in [5.74, 6) is -0.322. The molecule has 0 amide bonds. The Morgan fingerprint density at radius 3 is 2.00 bits per heavy atom. The Morgan fingerprint density at radius 1 is 1.29 bits per heavy atom. The van der Waals surface area contributed by atoms with Gasteiger partial charge in [-0.05, 0) is 13.8 Å². The van der Waals surface area contributed by atoms with Crippen molar-refractivity contribution in [3.8, 4) is 0 Å². The van der Waals surface area contributed by atoms with Gasteiger partial charge in [-0.3, -0.25) is 9.36 Å². The largest absolute Gasteiger partial charge is 0.355 e. The van der Waals surface area contributed by atoms with Gasteiger partial charge < -0.3 is 9.05 Å². The molecule has 0 spiro atoms. The maximum absolute atomic E-state index is 11.9. The number of alkyl halides is 1. The van der Waals surface area contributed by atoms with Crippen molar-refractivity contribution in [2.24, 2.45) is 0 Å². The van der Waals surface area contributed by atoms with Crippen LogP contribution in [-0.2, 0) is 18.4 Å². The molecule has 0 aliphatic heterocycles. The molecule has 84 valence electrons. The predicted octanol–water partition coefficient (Wildman–Crippen LogP) is 2.80. The summed E-state index contributed by atoms with van der Waals surface area (Å²) in [6.45, 7) is 5.41. The van der Waals surface area contributed by atoms with Gasteiger partial charge >= 0.3 is 7.60 Å². The molecular weight excluding hydrogens is 227 g/mol. The minimum Gasteiger partial charge on any atom is -0.308 e. The van der Waals surface area contributed by atoms with Gasteiger partial charge in [0.15, 0.2) is 10.9 Å². The van der Waals surface area contributed by atoms with Gasteiger partial charge in [-0.2, -0.15) is 0 Å². The van der Waals surface area contributed by atoms with E-state index in [0.717, 1.165) is 0 Å². The molecule has 0 saturated carbocycles. The fraction of sp³-hybridized carbons (Fsp3) is 0.875. The summed E-state index contributed by atoms with van der Waals surface area (Å²) in [7, 11) is -3.47. The van der Waals surface area contributed by atoms with Crippen LogP contribution in [0.15, 0.2) is 0 Å². The standard InChI is InChI=1S/C8H16ClO4P/c1-4-7(10)8(9)14(11,12-5-2)13-6-3/h8H,4-6H2,1-3H3/t8-/m1/s1. The van der Waals surface area contributed by atoms with Crippen LogP contribution in [0, 0.1) is 0 Å². The van der Waals surface area contributed by atoms with Gasteiger partial charge in [0, 0.05) is 6.42 Å². The van der Waals surface area contributed by atoms with E-state index >= 15 is 0 Å². The van der Waals surface area contributed by atoms with Crippen LogP contribution in [0.2, 0.25) is 0 Å². The maximum Gasteiger partial charge on any atom is 0.355 e. The van der Waals surface area contributed by atoms with Crippen LogP contribution in [0.1, 0.15) is 27.2 Å². The van der Waals surface area contributed by atoms with E-state index in [9.17, 15) is 9.36 Å². The molecule has 6 heteroatoms. The Labute approximate surface area is 89.4 Å². The Hall–Kier alpha value is 0.110. The zero-order valence-electron chi connectivity index (χ0n) is 8.66. The molecule has 1 atom stereocenters. The molecule has 0 bridgehead atoms. The number of rotatable bonds is 7. The molecule has 0 unspecified atom stereocenters. The van der Waals surface area contributed by atoms with Crippen molar-refractivity contribution in [2.75, 3.05) is 13.2 Å². The lowest BCUT2D eigenvalue weighted by atomic mass is 10.3. The lowest BCUT2D eigenvalue weighted by Crippen LogP contribution is -2.17. The zero-order valence-corrected chi connectivity index (χ0v) is 10.3. The Balaban J connectivity index is 4.63. The third-order valence-corrected chi connectivity index (χ3v) is 4.55. The summed E-state index contributed by atoms with van der Waals surface area (Å²) in [5.41, 5.74) is 0. The number of hydrogen-bond donors (Lipinski definition) is 0. The smallest absolute Gasteiger partial charge is 0.308 e. The van der Waals surface area contributed by atoms with Crippen molar-refractivity contribution in [3.63, 3.8) is 0 Å². The van der Waals surface area contributed by atoms with E-state index < -0.39 is 12.7 Å². The highest BCUT2D eigenvalue weighted by Gasteiger charge is 2.38. The normalized spacial score (nSPS) is 14.0. The monoisotopic (exact) mass is 242 g/mol. The van der Waals surface area contributed by atoms with Gasteiger partial charge in [0.05, 0.1) is 13.2 Å². The van der Waals surface area contributed by atoms with Crippen molar-refractivity contribution < 1.29 is 18.4 Å². The summed E-state index contributed by atoms with van der Waals surface area (Å²) in [6.07, 6.45) is 0.221. The molecule has 0 heterocycles. The average molecular weight is 243 g/mol. The molecule has 0 aromatic rings. The second kappa shape index (κ2) is 6.57. The number of halogens is 1. The van der Waals surface area contributed by atoms with Crippen LogP contribution in [0.5, 0.6) is 0 Å². The first kappa shape index (κ1) is 14.1. The summed E-state index contributed by atoms with van der Waals surface area (Å²) >= 11 is 5.73. The number of ketones is 1. The van der Waals surface area contributed by atoms with Crippen molar-refractivity contribution in [1.29, 1.82) is 0 Å². The second-order valence-corrected chi connectivity index (χ2v) is 5.38. The van der Waals surface area contributed by atoms with Crippen molar-refractivity contribution in [2.45, 2.75) is 32.3 Å². The molecule has 0 radical (unpaired) electrons. The fourth-order valence-electron chi connectivity index (χ4n) is 0.873. The van der Waals surface area contributed by atoms with E-state index in [2.05, 4.69) is 0 Å². The van der Waals surface area contributed by atoms with E-state index in [0.29, 0.717) is 0 Å². The van der Waals surface area contributed by atoms with Gasteiger partial charge in [0.2, 0.25) is 0 Å². The first-order valence-corrected chi connectivity index (χ1v) is 6.62. The Morgan fingerprint density at radius 2 is 1.71 bits per heavy atom. The average Bonchev–Trinajstić information content (AvgIpc) is 2.16. The molecule has 0 saturated heterocycles. The molecule has 0 aromatic carbocycles. The molecular formula is C8H16ClO4P. The highest BCUT2D eigenvalue weighted by molar-refractivity contribution is 7.57. The van der Waals surface area contributed by atoms with Crippen LogP contribution in [0.25, 0.3) is 0 Å². The van der Waals surface area contributed by atoms with E-state index in [4.69, 9.17) is 20.6 Å². The van der Waals surface area contributed by atoms with Gasteiger partial charge in [0.25, 0.3) is 0 Å². The van der Waals surface area contributed by atoms with Crippen LogP contribution < -0.4 is 0 Å².